The number of H-pyrrole nitrogens is 1. The van der Waals surface area contributed by atoms with E-state index < -0.39 is 0 Å². The van der Waals surface area contributed by atoms with E-state index in [1.54, 1.807) is 12.1 Å². The third-order valence-electron chi connectivity index (χ3n) is 2.73. The summed E-state index contributed by atoms with van der Waals surface area (Å²) in [5, 5.41) is 0.432. The number of benzene rings is 1. The molecule has 0 saturated heterocycles. The summed E-state index contributed by atoms with van der Waals surface area (Å²) >= 11 is 6.11. The minimum atomic E-state index is -0.256. The van der Waals surface area contributed by atoms with Crippen LogP contribution >= 0.6 is 11.6 Å². The molecule has 106 valence electrons. The highest BCUT2D eigenvalue weighted by molar-refractivity contribution is 6.32. The number of ether oxygens (including phenoxy) is 1. The minimum absolute atomic E-state index is 0.0985. The van der Waals surface area contributed by atoms with Crippen LogP contribution in [-0.2, 0) is 6.54 Å². The summed E-state index contributed by atoms with van der Waals surface area (Å²) in [6, 6.07) is 6.55. The summed E-state index contributed by atoms with van der Waals surface area (Å²) in [5.74, 6) is 1.33. The fourth-order valence-corrected chi connectivity index (χ4v) is 1.89. The maximum atomic E-state index is 11.6. The molecule has 0 aliphatic carbocycles. The van der Waals surface area contributed by atoms with E-state index in [1.807, 2.05) is 19.9 Å². The van der Waals surface area contributed by atoms with Gasteiger partial charge in [-0.15, -0.1) is 0 Å². The summed E-state index contributed by atoms with van der Waals surface area (Å²) in [5.41, 5.74) is 6.19. The van der Waals surface area contributed by atoms with Crippen molar-refractivity contribution in [2.75, 3.05) is 0 Å². The van der Waals surface area contributed by atoms with Gasteiger partial charge in [0.2, 0.25) is 5.88 Å². The Balaban J connectivity index is 2.32. The zero-order chi connectivity index (χ0) is 14.7. The zero-order valence-corrected chi connectivity index (χ0v) is 12.1. The van der Waals surface area contributed by atoms with Crippen LogP contribution in [0.5, 0.6) is 11.6 Å². The first-order valence-electron chi connectivity index (χ1n) is 6.27. The lowest BCUT2D eigenvalue weighted by Crippen LogP contribution is -2.12. The first-order chi connectivity index (χ1) is 9.49. The number of nitrogens with zero attached hydrogens (tertiary/aromatic N) is 1. The van der Waals surface area contributed by atoms with E-state index in [9.17, 15) is 4.79 Å². The first kappa shape index (κ1) is 14.6. The van der Waals surface area contributed by atoms with Gasteiger partial charge in [-0.25, -0.2) is 0 Å². The van der Waals surface area contributed by atoms with Gasteiger partial charge in [0.25, 0.3) is 5.56 Å². The molecule has 0 aliphatic heterocycles. The number of hydrogen-bond donors (Lipinski definition) is 2. The Morgan fingerprint density at radius 1 is 1.40 bits per heavy atom. The van der Waals surface area contributed by atoms with Crippen molar-refractivity contribution in [2.24, 2.45) is 5.73 Å². The largest absolute Gasteiger partial charge is 0.437 e. The van der Waals surface area contributed by atoms with Gasteiger partial charge in [0.1, 0.15) is 11.6 Å². The molecule has 0 aliphatic rings. The van der Waals surface area contributed by atoms with Crippen molar-refractivity contribution in [2.45, 2.75) is 26.3 Å². The second kappa shape index (κ2) is 6.07. The molecular weight excluding hydrogens is 278 g/mol. The highest BCUT2D eigenvalue weighted by atomic mass is 35.5. The van der Waals surface area contributed by atoms with Crippen molar-refractivity contribution < 1.29 is 4.74 Å². The Morgan fingerprint density at radius 3 is 2.75 bits per heavy atom. The number of rotatable bonds is 4. The lowest BCUT2D eigenvalue weighted by molar-refractivity contribution is 0.455. The zero-order valence-electron chi connectivity index (χ0n) is 11.3. The lowest BCUT2D eigenvalue weighted by atomic mass is 10.2. The Morgan fingerprint density at radius 2 is 2.15 bits per heavy atom. The smallest absolute Gasteiger partial charge is 0.254 e. The van der Waals surface area contributed by atoms with Crippen molar-refractivity contribution in [3.05, 3.63) is 51.0 Å². The van der Waals surface area contributed by atoms with Gasteiger partial charge in [0, 0.05) is 12.5 Å². The van der Waals surface area contributed by atoms with Crippen LogP contribution in [0, 0.1) is 0 Å². The van der Waals surface area contributed by atoms with Gasteiger partial charge in [-0.2, -0.15) is 4.98 Å². The van der Waals surface area contributed by atoms with Crippen LogP contribution in [0.1, 0.15) is 31.2 Å². The molecule has 0 unspecified atom stereocenters. The molecule has 3 N–H and O–H groups in total. The molecule has 0 radical (unpaired) electrons. The van der Waals surface area contributed by atoms with Crippen LogP contribution in [0.3, 0.4) is 0 Å². The highest BCUT2D eigenvalue weighted by Gasteiger charge is 2.09. The molecule has 5 nitrogen and oxygen atoms in total. The average Bonchev–Trinajstić information content (AvgIpc) is 2.40. The van der Waals surface area contributed by atoms with Crippen molar-refractivity contribution in [3.63, 3.8) is 0 Å². The standard InChI is InChI=1S/C14H16ClN3O2/c1-8(2)14-17-12(19)6-13(18-14)20-11-4-3-9(7-16)5-10(11)15/h3-6,8H,7,16H2,1-2H3,(H,17,18,19). The number of hydrogen-bond acceptors (Lipinski definition) is 4. The van der Waals surface area contributed by atoms with E-state index in [2.05, 4.69) is 9.97 Å². The summed E-state index contributed by atoms with van der Waals surface area (Å²) in [7, 11) is 0. The SMILES string of the molecule is CC(C)c1nc(Oc2ccc(CN)cc2Cl)cc(=O)[nH]1. The molecule has 2 aromatic rings. The van der Waals surface area contributed by atoms with Crippen LogP contribution in [0.15, 0.2) is 29.1 Å². The Kier molecular flexibility index (Phi) is 4.42. The molecule has 1 aromatic carbocycles. The van der Waals surface area contributed by atoms with Gasteiger partial charge in [-0.3, -0.25) is 4.79 Å². The molecule has 2 rings (SSSR count). The third-order valence-corrected chi connectivity index (χ3v) is 3.03. The highest BCUT2D eigenvalue weighted by Crippen LogP contribution is 2.29. The number of aromatic amines is 1. The van der Waals surface area contributed by atoms with E-state index >= 15 is 0 Å². The van der Waals surface area contributed by atoms with Gasteiger partial charge in [0.15, 0.2) is 0 Å². The second-order valence-electron chi connectivity index (χ2n) is 4.69. The molecule has 0 bridgehead atoms. The van der Waals surface area contributed by atoms with Gasteiger partial charge >= 0.3 is 0 Å². The molecule has 0 atom stereocenters. The van der Waals surface area contributed by atoms with Gasteiger partial charge in [-0.1, -0.05) is 31.5 Å². The van der Waals surface area contributed by atoms with Crippen LogP contribution in [0.4, 0.5) is 0 Å². The van der Waals surface area contributed by atoms with Crippen molar-refractivity contribution in [1.82, 2.24) is 9.97 Å². The summed E-state index contributed by atoms with van der Waals surface area (Å²) < 4.78 is 5.58. The molecule has 1 aromatic heterocycles. The third kappa shape index (κ3) is 3.37. The molecule has 0 saturated carbocycles. The van der Waals surface area contributed by atoms with Crippen molar-refractivity contribution in [3.8, 4) is 11.6 Å². The second-order valence-corrected chi connectivity index (χ2v) is 5.10. The minimum Gasteiger partial charge on any atom is -0.437 e. The van der Waals surface area contributed by atoms with Crippen LogP contribution in [0.2, 0.25) is 5.02 Å². The number of nitrogens with one attached hydrogen (secondary N) is 1. The average molecular weight is 294 g/mol. The fraction of sp³-hybridized carbons (Fsp3) is 0.286. The summed E-state index contributed by atoms with van der Waals surface area (Å²) in [6.07, 6.45) is 0. The molecule has 0 fully saturated rings. The monoisotopic (exact) mass is 293 g/mol. The first-order valence-corrected chi connectivity index (χ1v) is 6.65. The molecule has 20 heavy (non-hydrogen) atoms. The molecule has 0 spiro atoms. The van der Waals surface area contributed by atoms with Gasteiger partial charge < -0.3 is 15.5 Å². The van der Waals surface area contributed by atoms with Gasteiger partial charge in [-0.05, 0) is 17.7 Å². The maximum Gasteiger partial charge on any atom is 0.254 e. The Hall–Kier alpha value is -1.85. The van der Waals surface area contributed by atoms with E-state index in [-0.39, 0.29) is 17.4 Å². The molecular formula is C14H16ClN3O2. The number of nitrogens with two attached hydrogens (primary N) is 1. The van der Waals surface area contributed by atoms with Crippen LogP contribution in [0.25, 0.3) is 0 Å². The molecule has 1 heterocycles. The Labute approximate surface area is 121 Å². The van der Waals surface area contributed by atoms with Crippen molar-refractivity contribution >= 4 is 11.6 Å². The van der Waals surface area contributed by atoms with Crippen LogP contribution in [-0.4, -0.2) is 9.97 Å². The van der Waals surface area contributed by atoms with E-state index in [4.69, 9.17) is 22.1 Å². The van der Waals surface area contributed by atoms with Gasteiger partial charge in [0.05, 0.1) is 11.1 Å². The van der Waals surface area contributed by atoms with E-state index in [1.165, 1.54) is 6.07 Å². The van der Waals surface area contributed by atoms with Crippen molar-refractivity contribution in [1.29, 1.82) is 0 Å². The van der Waals surface area contributed by atoms with E-state index in [0.29, 0.717) is 23.1 Å². The Bertz CT molecular complexity index is 668. The quantitative estimate of drug-likeness (QED) is 0.908. The lowest BCUT2D eigenvalue weighted by Gasteiger charge is -2.10. The predicted molar refractivity (Wildman–Crippen MR) is 78.4 cm³/mol. The summed E-state index contributed by atoms with van der Waals surface area (Å²) in [4.78, 5) is 18.5. The topological polar surface area (TPSA) is 81.0 Å². The van der Waals surface area contributed by atoms with E-state index in [0.717, 1.165) is 5.56 Å². The fourth-order valence-electron chi connectivity index (χ4n) is 1.65. The molecule has 0 amide bonds. The maximum absolute atomic E-state index is 11.6. The van der Waals surface area contributed by atoms with Crippen LogP contribution < -0.4 is 16.0 Å². The molecule has 6 heteroatoms. The predicted octanol–water partition coefficient (Wildman–Crippen LogP) is 2.80. The number of aromatic nitrogens is 2. The number of halogens is 1. The summed E-state index contributed by atoms with van der Waals surface area (Å²) in [6.45, 7) is 4.27. The normalized spacial score (nSPS) is 10.8.